The van der Waals surface area contributed by atoms with Crippen LogP contribution in [0, 0.1) is 16.0 Å². The van der Waals surface area contributed by atoms with Gasteiger partial charge in [0.1, 0.15) is 0 Å². The second-order valence-electron chi connectivity index (χ2n) is 4.64. The first kappa shape index (κ1) is 14.4. The number of nitrogens with zero attached hydrogens (tertiary/aromatic N) is 3. The maximum Gasteiger partial charge on any atom is 0.270 e. The van der Waals surface area contributed by atoms with E-state index in [-0.39, 0.29) is 17.5 Å². The Labute approximate surface area is 119 Å². The van der Waals surface area contributed by atoms with Crippen molar-refractivity contribution in [3.8, 4) is 0 Å². The first-order valence-corrected chi connectivity index (χ1v) is 7.12. The molecule has 2 aromatic rings. The number of thiazole rings is 1. The summed E-state index contributed by atoms with van der Waals surface area (Å²) in [4.78, 5) is 26.8. The number of hydrogen-bond acceptors (Lipinski definition) is 4. The van der Waals surface area contributed by atoms with Gasteiger partial charge in [-0.25, -0.2) is 0 Å². The standard InChI is InChI=1S/C13H15N3O3S/c1-4-15-10-6-5-9(16(18)19)7-11(10)20-13(15)14-12(17)8(2)3/h5-8H,4H2,1-3H3. The molecule has 1 aromatic heterocycles. The lowest BCUT2D eigenvalue weighted by atomic mass is 10.2. The number of rotatable bonds is 3. The number of non-ortho nitro benzene ring substituents is 1. The van der Waals surface area contributed by atoms with Crippen LogP contribution in [0.15, 0.2) is 23.2 Å². The Morgan fingerprint density at radius 2 is 2.20 bits per heavy atom. The lowest BCUT2D eigenvalue weighted by Crippen LogP contribution is -2.17. The Hall–Kier alpha value is -2.02. The number of aromatic nitrogens is 1. The van der Waals surface area contributed by atoms with E-state index < -0.39 is 4.92 Å². The molecular formula is C13H15N3O3S. The largest absolute Gasteiger partial charge is 0.317 e. The Bertz CT molecular complexity index is 743. The number of carbonyl (C=O) groups excluding carboxylic acids is 1. The molecule has 0 fully saturated rings. The number of benzene rings is 1. The molecule has 0 saturated heterocycles. The molecule has 0 atom stereocenters. The number of nitro groups is 1. The molecular weight excluding hydrogens is 278 g/mol. The van der Waals surface area contributed by atoms with Crippen LogP contribution in [-0.4, -0.2) is 15.4 Å². The highest BCUT2D eigenvalue weighted by Gasteiger charge is 2.12. The first-order valence-electron chi connectivity index (χ1n) is 6.30. The van der Waals surface area contributed by atoms with Gasteiger partial charge in [0.15, 0.2) is 4.80 Å². The molecule has 0 spiro atoms. The third-order valence-electron chi connectivity index (χ3n) is 2.89. The molecule has 0 bridgehead atoms. The van der Waals surface area contributed by atoms with E-state index in [0.717, 1.165) is 10.2 Å². The topological polar surface area (TPSA) is 77.5 Å². The molecule has 106 valence electrons. The smallest absolute Gasteiger partial charge is 0.270 e. The summed E-state index contributed by atoms with van der Waals surface area (Å²) in [6, 6.07) is 4.69. The SMILES string of the molecule is CCn1c(=NC(=O)C(C)C)sc2cc([N+](=O)[O-])ccc21. The van der Waals surface area contributed by atoms with E-state index in [1.165, 1.54) is 23.5 Å². The summed E-state index contributed by atoms with van der Waals surface area (Å²) in [5.41, 5.74) is 0.905. The van der Waals surface area contributed by atoms with Crippen LogP contribution in [0.25, 0.3) is 10.2 Å². The van der Waals surface area contributed by atoms with Crippen molar-refractivity contribution in [3.63, 3.8) is 0 Å². The van der Waals surface area contributed by atoms with Crippen molar-refractivity contribution in [2.45, 2.75) is 27.3 Å². The van der Waals surface area contributed by atoms with E-state index in [2.05, 4.69) is 4.99 Å². The Kier molecular flexibility index (Phi) is 3.99. The predicted octanol–water partition coefficient (Wildman–Crippen LogP) is 2.71. The fourth-order valence-corrected chi connectivity index (χ4v) is 2.92. The molecule has 20 heavy (non-hydrogen) atoms. The monoisotopic (exact) mass is 293 g/mol. The summed E-state index contributed by atoms with van der Waals surface area (Å²) in [5, 5.41) is 10.8. The van der Waals surface area contributed by atoms with Crippen LogP contribution in [0.1, 0.15) is 20.8 Å². The molecule has 0 unspecified atom stereocenters. The zero-order valence-corrected chi connectivity index (χ0v) is 12.3. The van der Waals surface area contributed by atoms with Gasteiger partial charge in [0.2, 0.25) is 0 Å². The Balaban J connectivity index is 2.67. The molecule has 0 N–H and O–H groups in total. The summed E-state index contributed by atoms with van der Waals surface area (Å²) in [7, 11) is 0. The number of carbonyl (C=O) groups is 1. The highest BCUT2D eigenvalue weighted by molar-refractivity contribution is 7.16. The van der Waals surface area contributed by atoms with Crippen molar-refractivity contribution in [1.29, 1.82) is 0 Å². The van der Waals surface area contributed by atoms with Gasteiger partial charge in [-0.15, -0.1) is 0 Å². The molecule has 0 aliphatic rings. The third kappa shape index (κ3) is 2.62. The number of nitro benzene ring substituents is 1. The van der Waals surface area contributed by atoms with Crippen molar-refractivity contribution in [2.24, 2.45) is 10.9 Å². The summed E-state index contributed by atoms with van der Waals surface area (Å²) in [6.07, 6.45) is 0. The maximum atomic E-state index is 11.8. The van der Waals surface area contributed by atoms with Gasteiger partial charge in [-0.3, -0.25) is 14.9 Å². The molecule has 0 aliphatic carbocycles. The minimum Gasteiger partial charge on any atom is -0.317 e. The van der Waals surface area contributed by atoms with Crippen LogP contribution in [-0.2, 0) is 11.3 Å². The van der Waals surface area contributed by atoms with Gasteiger partial charge in [-0.05, 0) is 13.0 Å². The van der Waals surface area contributed by atoms with Crippen LogP contribution in [0.2, 0.25) is 0 Å². The Morgan fingerprint density at radius 1 is 1.50 bits per heavy atom. The molecule has 1 aromatic carbocycles. The Morgan fingerprint density at radius 3 is 2.75 bits per heavy atom. The number of amides is 1. The minimum absolute atomic E-state index is 0.0451. The van der Waals surface area contributed by atoms with Gasteiger partial charge >= 0.3 is 0 Å². The molecule has 7 heteroatoms. The van der Waals surface area contributed by atoms with Gasteiger partial charge in [0.05, 0.1) is 15.1 Å². The third-order valence-corrected chi connectivity index (χ3v) is 3.93. The van der Waals surface area contributed by atoms with Gasteiger partial charge in [0.25, 0.3) is 11.6 Å². The highest BCUT2D eigenvalue weighted by Crippen LogP contribution is 2.23. The normalized spacial score (nSPS) is 12.3. The predicted molar refractivity (Wildman–Crippen MR) is 77.6 cm³/mol. The number of hydrogen-bond donors (Lipinski definition) is 0. The molecule has 0 aliphatic heterocycles. The van der Waals surface area contributed by atoms with Crippen molar-refractivity contribution in [3.05, 3.63) is 33.1 Å². The summed E-state index contributed by atoms with van der Waals surface area (Å²) < 4.78 is 2.65. The van der Waals surface area contributed by atoms with E-state index >= 15 is 0 Å². The molecule has 6 nitrogen and oxygen atoms in total. The fourth-order valence-electron chi connectivity index (χ4n) is 1.79. The van der Waals surface area contributed by atoms with Crippen LogP contribution in [0.5, 0.6) is 0 Å². The van der Waals surface area contributed by atoms with Gasteiger partial charge < -0.3 is 4.57 Å². The van der Waals surface area contributed by atoms with Crippen molar-refractivity contribution < 1.29 is 9.72 Å². The van der Waals surface area contributed by atoms with E-state index in [1.54, 1.807) is 19.9 Å². The van der Waals surface area contributed by atoms with E-state index in [1.807, 2.05) is 11.5 Å². The van der Waals surface area contributed by atoms with Crippen LogP contribution >= 0.6 is 11.3 Å². The summed E-state index contributed by atoms with van der Waals surface area (Å²) in [5.74, 6) is -0.354. The average molecular weight is 293 g/mol. The fraction of sp³-hybridized carbons (Fsp3) is 0.385. The zero-order chi connectivity index (χ0) is 14.9. The minimum atomic E-state index is -0.425. The van der Waals surface area contributed by atoms with Gasteiger partial charge in [-0.1, -0.05) is 25.2 Å². The summed E-state index contributed by atoms with van der Waals surface area (Å²) in [6.45, 7) is 6.19. The van der Waals surface area contributed by atoms with Crippen LogP contribution < -0.4 is 4.80 Å². The number of aryl methyl sites for hydroxylation is 1. The van der Waals surface area contributed by atoms with Crippen molar-refractivity contribution >= 4 is 33.1 Å². The quantitative estimate of drug-likeness (QED) is 0.644. The molecule has 2 rings (SSSR count). The van der Waals surface area contributed by atoms with Gasteiger partial charge in [-0.2, -0.15) is 4.99 Å². The first-order chi connectivity index (χ1) is 9.43. The zero-order valence-electron chi connectivity index (χ0n) is 11.5. The van der Waals surface area contributed by atoms with Crippen LogP contribution in [0.4, 0.5) is 5.69 Å². The van der Waals surface area contributed by atoms with E-state index in [9.17, 15) is 14.9 Å². The molecule has 1 heterocycles. The lowest BCUT2D eigenvalue weighted by Gasteiger charge is -2.00. The second kappa shape index (κ2) is 5.54. The maximum absolute atomic E-state index is 11.8. The summed E-state index contributed by atoms with van der Waals surface area (Å²) >= 11 is 1.30. The van der Waals surface area contributed by atoms with Crippen LogP contribution in [0.3, 0.4) is 0 Å². The second-order valence-corrected chi connectivity index (χ2v) is 5.65. The van der Waals surface area contributed by atoms with E-state index in [4.69, 9.17) is 0 Å². The number of fused-ring (bicyclic) bond motifs is 1. The van der Waals surface area contributed by atoms with Crippen molar-refractivity contribution in [2.75, 3.05) is 0 Å². The highest BCUT2D eigenvalue weighted by atomic mass is 32.1. The molecule has 0 radical (unpaired) electrons. The average Bonchev–Trinajstić information content (AvgIpc) is 2.74. The van der Waals surface area contributed by atoms with Crippen molar-refractivity contribution in [1.82, 2.24) is 4.57 Å². The van der Waals surface area contributed by atoms with E-state index in [0.29, 0.717) is 11.3 Å². The molecule has 1 amide bonds. The lowest BCUT2D eigenvalue weighted by molar-refractivity contribution is -0.384. The van der Waals surface area contributed by atoms with Gasteiger partial charge in [0, 0.05) is 24.6 Å². The molecule has 0 saturated carbocycles.